The molecule has 0 bridgehead atoms. The van der Waals surface area contributed by atoms with Crippen LogP contribution >= 0.6 is 0 Å². The van der Waals surface area contributed by atoms with Crippen LogP contribution in [0.5, 0.6) is 0 Å². The first-order valence-corrected chi connectivity index (χ1v) is 18.8. The van der Waals surface area contributed by atoms with Crippen LogP contribution in [0.2, 0.25) is 0 Å². The average molecular weight is 777 g/mol. The van der Waals surface area contributed by atoms with E-state index < -0.39 is 56.4 Å². The Hall–Kier alpha value is -6.90. The van der Waals surface area contributed by atoms with E-state index in [9.17, 15) is 39.4 Å². The number of nitro benzene ring substituents is 2. The van der Waals surface area contributed by atoms with Crippen LogP contribution in [0.4, 0.5) is 22.7 Å². The number of Topliss-reactive ketones (excluding diaryl/α,β-unsaturated/α-hetero) is 2. The van der Waals surface area contributed by atoms with Gasteiger partial charge in [0.05, 0.1) is 21.7 Å². The second-order valence-corrected chi connectivity index (χ2v) is 15.5. The molecule has 2 spiro atoms. The Bertz CT molecular complexity index is 2410. The lowest BCUT2D eigenvalue weighted by Gasteiger charge is -2.35. The van der Waals surface area contributed by atoms with E-state index in [1.54, 1.807) is 74.8 Å². The van der Waals surface area contributed by atoms with Gasteiger partial charge in [0.2, 0.25) is 11.8 Å². The van der Waals surface area contributed by atoms with Gasteiger partial charge >= 0.3 is 0 Å². The number of benzene rings is 5. The van der Waals surface area contributed by atoms with Gasteiger partial charge in [-0.25, -0.2) is 0 Å². The molecule has 0 radical (unpaired) electrons. The summed E-state index contributed by atoms with van der Waals surface area (Å²) < 4.78 is 0. The molecule has 0 aromatic heterocycles. The van der Waals surface area contributed by atoms with Gasteiger partial charge in [0.1, 0.15) is 11.1 Å². The number of hydrogen-bond donors (Lipinski definition) is 2. The quantitative estimate of drug-likeness (QED) is 0.104. The second kappa shape index (κ2) is 13.4. The molecule has 5 aromatic rings. The third kappa shape index (κ3) is 5.11. The van der Waals surface area contributed by atoms with Gasteiger partial charge in [-0.3, -0.25) is 49.2 Å². The van der Waals surface area contributed by atoms with E-state index >= 15 is 0 Å². The predicted octanol–water partition coefficient (Wildman–Crippen LogP) is 6.25. The highest BCUT2D eigenvalue weighted by Crippen LogP contribution is 2.58. The number of likely N-dealkylation sites (N-methyl/N-ethyl adjacent to an activating group) is 2. The van der Waals surface area contributed by atoms with Crippen molar-refractivity contribution in [2.75, 3.05) is 37.8 Å². The number of non-ortho nitro benzene ring substituents is 2. The zero-order valence-electron chi connectivity index (χ0n) is 31.3. The number of likely N-dealkylation sites (tertiary alicyclic amines) is 2. The Balaban J connectivity index is 1.15. The molecule has 2 fully saturated rings. The summed E-state index contributed by atoms with van der Waals surface area (Å²) in [6.07, 6.45) is 0. The summed E-state index contributed by atoms with van der Waals surface area (Å²) in [5, 5.41) is 29.7. The maximum atomic E-state index is 14.8. The first-order chi connectivity index (χ1) is 27.9. The highest BCUT2D eigenvalue weighted by atomic mass is 16.6. The maximum absolute atomic E-state index is 14.8. The highest BCUT2D eigenvalue weighted by molar-refractivity contribution is 6.13. The van der Waals surface area contributed by atoms with Crippen LogP contribution in [-0.4, -0.2) is 70.2 Å². The number of nitrogens with zero attached hydrogens (tertiary/aromatic N) is 4. The molecule has 2 amide bonds. The van der Waals surface area contributed by atoms with Crippen LogP contribution in [0.25, 0.3) is 0 Å². The molecular formula is C44H36N6O8. The minimum Gasteiger partial charge on any atom is -0.324 e. The molecular weight excluding hydrogens is 741 g/mol. The first kappa shape index (κ1) is 36.7. The summed E-state index contributed by atoms with van der Waals surface area (Å²) in [4.78, 5) is 84.5. The van der Waals surface area contributed by atoms with E-state index in [1.165, 1.54) is 36.4 Å². The van der Waals surface area contributed by atoms with Crippen LogP contribution in [0.15, 0.2) is 121 Å². The highest BCUT2D eigenvalue weighted by Gasteiger charge is 2.66. The fourth-order valence-electron chi connectivity index (χ4n) is 10.2. The van der Waals surface area contributed by atoms with E-state index in [4.69, 9.17) is 0 Å². The third-order valence-corrected chi connectivity index (χ3v) is 12.8. The monoisotopic (exact) mass is 776 g/mol. The van der Waals surface area contributed by atoms with Crippen LogP contribution in [0, 0.1) is 32.1 Å². The van der Waals surface area contributed by atoms with E-state index in [-0.39, 0.29) is 36.0 Å². The number of ketones is 2. The summed E-state index contributed by atoms with van der Waals surface area (Å²) in [5.41, 5.74) is 0.275. The van der Waals surface area contributed by atoms with Crippen molar-refractivity contribution in [3.05, 3.63) is 175 Å². The van der Waals surface area contributed by atoms with Crippen LogP contribution in [0.3, 0.4) is 0 Å². The van der Waals surface area contributed by atoms with Gasteiger partial charge in [0.25, 0.3) is 11.4 Å². The molecule has 290 valence electrons. The van der Waals surface area contributed by atoms with Gasteiger partial charge < -0.3 is 10.6 Å². The van der Waals surface area contributed by atoms with Gasteiger partial charge in [-0.2, -0.15) is 0 Å². The molecule has 14 nitrogen and oxygen atoms in total. The molecule has 9 rings (SSSR count). The largest absolute Gasteiger partial charge is 0.324 e. The number of fused-ring (bicyclic) bond motifs is 4. The molecule has 2 N–H and O–H groups in total. The maximum Gasteiger partial charge on any atom is 0.269 e. The molecule has 0 aliphatic carbocycles. The van der Waals surface area contributed by atoms with Crippen LogP contribution < -0.4 is 10.6 Å². The van der Waals surface area contributed by atoms with Gasteiger partial charge in [-0.15, -0.1) is 0 Å². The number of nitro groups is 2. The van der Waals surface area contributed by atoms with Crippen molar-refractivity contribution in [3.8, 4) is 0 Å². The zero-order chi connectivity index (χ0) is 40.7. The van der Waals surface area contributed by atoms with Crippen molar-refractivity contribution in [2.24, 2.45) is 11.8 Å². The SMILES string of the molecule is CN1CC(c2ccc(C3CN(C)C4(C(=O)Nc5ccc([N+](=O)[O-])cc54)C3C(=O)c3ccccc3)cc2)C(C(=O)c2ccccc2)C12C(=O)Nc1ccc([N+](=O)[O-])cc12. The Morgan fingerprint density at radius 2 is 0.948 bits per heavy atom. The van der Waals surface area contributed by atoms with E-state index in [2.05, 4.69) is 10.6 Å². The first-order valence-electron chi connectivity index (χ1n) is 18.8. The Labute approximate surface area is 331 Å². The number of rotatable bonds is 8. The third-order valence-electron chi connectivity index (χ3n) is 12.8. The lowest BCUT2D eigenvalue weighted by Crippen LogP contribution is -2.51. The van der Waals surface area contributed by atoms with Gasteiger partial charge in [-0.1, -0.05) is 84.9 Å². The number of anilines is 2. The van der Waals surface area contributed by atoms with Gasteiger partial charge in [-0.05, 0) is 37.4 Å². The number of amides is 2. The summed E-state index contributed by atoms with van der Waals surface area (Å²) in [5.74, 6) is -4.55. The predicted molar refractivity (Wildman–Crippen MR) is 213 cm³/mol. The van der Waals surface area contributed by atoms with Crippen molar-refractivity contribution in [2.45, 2.75) is 22.9 Å². The molecule has 58 heavy (non-hydrogen) atoms. The smallest absolute Gasteiger partial charge is 0.269 e. The Morgan fingerprint density at radius 3 is 1.29 bits per heavy atom. The lowest BCUT2D eigenvalue weighted by molar-refractivity contribution is -0.385. The summed E-state index contributed by atoms with van der Waals surface area (Å²) in [6.45, 7) is 0.524. The molecule has 5 aromatic carbocycles. The van der Waals surface area contributed by atoms with Crippen molar-refractivity contribution < 1.29 is 29.0 Å². The fraction of sp³-hybridized carbons (Fsp3) is 0.227. The summed E-state index contributed by atoms with van der Waals surface area (Å²) in [7, 11) is 3.49. The average Bonchev–Trinajstić information content (AvgIpc) is 3.92. The summed E-state index contributed by atoms with van der Waals surface area (Å²) in [6, 6.07) is 33.3. The number of hydrogen-bond acceptors (Lipinski definition) is 10. The molecule has 6 unspecified atom stereocenters. The van der Waals surface area contributed by atoms with Gasteiger partial charge in [0, 0.05) is 82.8 Å². The molecule has 2 saturated heterocycles. The standard InChI is InChI=1S/C44H36N6O8/c1-47-23-31(37(39(51)27-9-5-3-6-10-27)43(47)33-21-29(49(55)56)17-19-35(33)45-41(43)53)25-13-15-26(16-14-25)32-24-48(2)44(38(32)40(52)28-11-7-4-8-12-28)34-22-30(50(57)58)18-20-36(34)46-42(44)54/h3-22,31-32,37-38H,23-24H2,1-2H3,(H,45,53)(H,46,54). The van der Waals surface area contributed by atoms with Crippen molar-refractivity contribution >= 4 is 46.1 Å². The molecule has 14 heteroatoms. The number of nitrogens with one attached hydrogen (secondary N) is 2. The molecule has 6 atom stereocenters. The minimum absolute atomic E-state index is 0.200. The Morgan fingerprint density at radius 1 is 0.586 bits per heavy atom. The van der Waals surface area contributed by atoms with E-state index in [0.717, 1.165) is 11.1 Å². The van der Waals surface area contributed by atoms with E-state index in [1.807, 2.05) is 34.1 Å². The van der Waals surface area contributed by atoms with Crippen molar-refractivity contribution in [3.63, 3.8) is 0 Å². The topological polar surface area (TPSA) is 185 Å². The number of carbonyl (C=O) groups is 4. The molecule has 4 aliphatic rings. The molecule has 4 aliphatic heterocycles. The molecule has 4 heterocycles. The van der Waals surface area contributed by atoms with Crippen molar-refractivity contribution in [1.29, 1.82) is 0 Å². The number of carbonyl (C=O) groups excluding carboxylic acids is 4. The fourth-order valence-corrected chi connectivity index (χ4v) is 10.2. The lowest BCUT2D eigenvalue weighted by atomic mass is 9.69. The summed E-state index contributed by atoms with van der Waals surface area (Å²) >= 11 is 0. The molecule has 0 saturated carbocycles. The normalized spacial score (nSPS) is 26.0. The van der Waals surface area contributed by atoms with Crippen LogP contribution in [0.1, 0.15) is 54.8 Å². The van der Waals surface area contributed by atoms with Crippen LogP contribution in [-0.2, 0) is 20.7 Å². The Kier molecular flexibility index (Phi) is 8.46. The second-order valence-electron chi connectivity index (χ2n) is 15.5. The zero-order valence-corrected chi connectivity index (χ0v) is 31.3. The van der Waals surface area contributed by atoms with E-state index in [0.29, 0.717) is 33.6 Å². The van der Waals surface area contributed by atoms with Gasteiger partial charge in [0.15, 0.2) is 11.6 Å². The minimum atomic E-state index is -1.56. The van der Waals surface area contributed by atoms with Crippen molar-refractivity contribution in [1.82, 2.24) is 9.80 Å².